The van der Waals surface area contributed by atoms with Gasteiger partial charge < -0.3 is 0 Å². The van der Waals surface area contributed by atoms with Gasteiger partial charge in [-0.3, -0.25) is 4.68 Å². The average Bonchev–Trinajstić information content (AvgIpc) is 2.56. The molecule has 0 saturated carbocycles. The molecule has 16 heavy (non-hydrogen) atoms. The third-order valence-corrected chi connectivity index (χ3v) is 3.14. The van der Waals surface area contributed by atoms with Gasteiger partial charge in [-0.15, -0.1) is 0 Å². The zero-order valence-corrected chi connectivity index (χ0v) is 10.9. The number of hydrogen-bond donors (Lipinski definition) is 0. The summed E-state index contributed by atoms with van der Waals surface area (Å²) < 4.78 is 1.92. The first kappa shape index (κ1) is 13.1. The molecular weight excluding hydrogens is 222 g/mol. The molecule has 3 nitrogen and oxygen atoms in total. The van der Waals surface area contributed by atoms with Crippen LogP contribution in [-0.2, 0) is 6.54 Å². The van der Waals surface area contributed by atoms with Crippen LogP contribution in [0.5, 0.6) is 0 Å². The van der Waals surface area contributed by atoms with Crippen LogP contribution < -0.4 is 0 Å². The molecule has 0 N–H and O–H groups in total. The number of aryl methyl sites for hydroxylation is 1. The Bertz CT molecular complexity index is 387. The van der Waals surface area contributed by atoms with Crippen LogP contribution in [0.1, 0.15) is 38.8 Å². The van der Waals surface area contributed by atoms with Crippen LogP contribution in [-0.4, -0.2) is 9.78 Å². The van der Waals surface area contributed by atoms with Crippen molar-refractivity contribution in [2.75, 3.05) is 0 Å². The Kier molecular flexibility index (Phi) is 4.37. The second kappa shape index (κ2) is 5.36. The number of rotatable bonds is 5. The standard InChI is InChI=1S/C12H18ClN3/c1-10-11(13)8-15-16(10)7-5-4-6-12(2,3)9-14/h8H,4-7H2,1-3H3. The van der Waals surface area contributed by atoms with Crippen LogP contribution >= 0.6 is 11.6 Å². The largest absolute Gasteiger partial charge is 0.268 e. The molecule has 4 heteroatoms. The van der Waals surface area contributed by atoms with Gasteiger partial charge >= 0.3 is 0 Å². The molecule has 0 aromatic carbocycles. The molecule has 88 valence electrons. The van der Waals surface area contributed by atoms with Crippen molar-refractivity contribution in [3.05, 3.63) is 16.9 Å². The van der Waals surface area contributed by atoms with Crippen molar-refractivity contribution < 1.29 is 0 Å². The molecule has 0 fully saturated rings. The summed E-state index contributed by atoms with van der Waals surface area (Å²) in [7, 11) is 0. The Balaban J connectivity index is 2.32. The van der Waals surface area contributed by atoms with Gasteiger partial charge in [0, 0.05) is 6.54 Å². The molecule has 0 saturated heterocycles. The second-order valence-electron chi connectivity index (χ2n) is 4.75. The summed E-state index contributed by atoms with van der Waals surface area (Å²) in [5.74, 6) is 0. The Labute approximate surface area is 102 Å². The Morgan fingerprint density at radius 3 is 2.69 bits per heavy atom. The molecule has 0 aliphatic carbocycles. The van der Waals surface area contributed by atoms with E-state index in [0.717, 1.165) is 36.5 Å². The van der Waals surface area contributed by atoms with Gasteiger partial charge in [-0.25, -0.2) is 0 Å². The molecule has 1 rings (SSSR count). The molecule has 0 spiro atoms. The third kappa shape index (κ3) is 3.53. The highest BCUT2D eigenvalue weighted by atomic mass is 35.5. The van der Waals surface area contributed by atoms with E-state index >= 15 is 0 Å². The first-order valence-corrected chi connectivity index (χ1v) is 5.93. The van der Waals surface area contributed by atoms with E-state index in [1.54, 1.807) is 6.20 Å². The Morgan fingerprint density at radius 2 is 2.19 bits per heavy atom. The molecule has 0 atom stereocenters. The summed E-state index contributed by atoms with van der Waals surface area (Å²) >= 11 is 5.91. The van der Waals surface area contributed by atoms with Gasteiger partial charge in [0.25, 0.3) is 0 Å². The summed E-state index contributed by atoms with van der Waals surface area (Å²) in [5.41, 5.74) is 0.804. The van der Waals surface area contributed by atoms with E-state index < -0.39 is 0 Å². The zero-order chi connectivity index (χ0) is 12.2. The molecule has 0 amide bonds. The van der Waals surface area contributed by atoms with E-state index in [4.69, 9.17) is 16.9 Å². The Morgan fingerprint density at radius 1 is 1.50 bits per heavy atom. The van der Waals surface area contributed by atoms with Crippen molar-refractivity contribution in [3.63, 3.8) is 0 Å². The minimum absolute atomic E-state index is 0.212. The summed E-state index contributed by atoms with van der Waals surface area (Å²) in [4.78, 5) is 0. The van der Waals surface area contributed by atoms with Crippen molar-refractivity contribution in [2.24, 2.45) is 5.41 Å². The highest BCUT2D eigenvalue weighted by Crippen LogP contribution is 2.22. The van der Waals surface area contributed by atoms with Crippen LogP contribution in [0.15, 0.2) is 6.20 Å². The average molecular weight is 240 g/mol. The molecule has 0 bridgehead atoms. The van der Waals surface area contributed by atoms with Gasteiger partial charge in [0.05, 0.1) is 28.4 Å². The van der Waals surface area contributed by atoms with Gasteiger partial charge in [-0.2, -0.15) is 10.4 Å². The highest BCUT2D eigenvalue weighted by Gasteiger charge is 2.15. The van der Waals surface area contributed by atoms with Crippen LogP contribution in [0, 0.1) is 23.7 Å². The first-order chi connectivity index (χ1) is 7.46. The predicted octanol–water partition coefficient (Wildman–Crippen LogP) is 3.57. The number of halogens is 1. The SMILES string of the molecule is Cc1c(Cl)cnn1CCCCC(C)(C)C#N. The van der Waals surface area contributed by atoms with Gasteiger partial charge in [0.2, 0.25) is 0 Å². The summed E-state index contributed by atoms with van der Waals surface area (Å²) in [5, 5.41) is 13.8. The number of hydrogen-bond acceptors (Lipinski definition) is 2. The molecular formula is C12H18ClN3. The Hall–Kier alpha value is -1.01. The number of nitriles is 1. The fourth-order valence-electron chi connectivity index (χ4n) is 1.53. The fourth-order valence-corrected chi connectivity index (χ4v) is 1.67. The normalized spacial score (nSPS) is 11.4. The van der Waals surface area contributed by atoms with E-state index in [2.05, 4.69) is 11.2 Å². The third-order valence-electron chi connectivity index (χ3n) is 2.77. The van der Waals surface area contributed by atoms with Crippen molar-refractivity contribution >= 4 is 11.6 Å². The van der Waals surface area contributed by atoms with Gasteiger partial charge in [-0.05, 0) is 33.6 Å². The van der Waals surface area contributed by atoms with Crippen LogP contribution in [0.4, 0.5) is 0 Å². The van der Waals surface area contributed by atoms with Gasteiger partial charge in [0.15, 0.2) is 0 Å². The predicted molar refractivity (Wildman–Crippen MR) is 65.2 cm³/mol. The lowest BCUT2D eigenvalue weighted by molar-refractivity contribution is 0.410. The van der Waals surface area contributed by atoms with E-state index in [1.807, 2.05) is 25.5 Å². The summed E-state index contributed by atoms with van der Waals surface area (Å²) in [6, 6.07) is 2.31. The molecule has 1 aromatic rings. The van der Waals surface area contributed by atoms with Crippen molar-refractivity contribution in [1.82, 2.24) is 9.78 Å². The smallest absolute Gasteiger partial charge is 0.0814 e. The number of unbranched alkanes of at least 4 members (excludes halogenated alkanes) is 1. The lowest BCUT2D eigenvalue weighted by Gasteiger charge is -2.14. The highest BCUT2D eigenvalue weighted by molar-refractivity contribution is 6.31. The van der Waals surface area contributed by atoms with Crippen molar-refractivity contribution in [1.29, 1.82) is 5.26 Å². The van der Waals surface area contributed by atoms with Crippen molar-refractivity contribution in [3.8, 4) is 6.07 Å². The van der Waals surface area contributed by atoms with E-state index in [9.17, 15) is 0 Å². The van der Waals surface area contributed by atoms with Gasteiger partial charge in [-0.1, -0.05) is 18.0 Å². The molecule has 0 unspecified atom stereocenters. The number of aromatic nitrogens is 2. The second-order valence-corrected chi connectivity index (χ2v) is 5.16. The molecule has 0 radical (unpaired) electrons. The van der Waals surface area contributed by atoms with E-state index in [-0.39, 0.29) is 5.41 Å². The number of nitrogens with zero attached hydrogens (tertiary/aromatic N) is 3. The molecule has 0 aliphatic heterocycles. The quantitative estimate of drug-likeness (QED) is 0.738. The summed E-state index contributed by atoms with van der Waals surface area (Å²) in [6.07, 6.45) is 4.68. The lowest BCUT2D eigenvalue weighted by Crippen LogP contribution is -2.08. The molecule has 1 aromatic heterocycles. The topological polar surface area (TPSA) is 41.6 Å². The first-order valence-electron chi connectivity index (χ1n) is 5.55. The maximum Gasteiger partial charge on any atom is 0.0814 e. The van der Waals surface area contributed by atoms with Crippen molar-refractivity contribution in [2.45, 2.75) is 46.6 Å². The van der Waals surface area contributed by atoms with Crippen LogP contribution in [0.3, 0.4) is 0 Å². The van der Waals surface area contributed by atoms with Gasteiger partial charge in [0.1, 0.15) is 0 Å². The van der Waals surface area contributed by atoms with E-state index in [1.165, 1.54) is 0 Å². The maximum atomic E-state index is 8.87. The lowest BCUT2D eigenvalue weighted by atomic mass is 9.89. The summed E-state index contributed by atoms with van der Waals surface area (Å²) in [6.45, 7) is 6.79. The molecule has 1 heterocycles. The minimum atomic E-state index is -0.212. The van der Waals surface area contributed by atoms with E-state index in [0.29, 0.717) is 0 Å². The minimum Gasteiger partial charge on any atom is -0.268 e. The monoisotopic (exact) mass is 239 g/mol. The maximum absolute atomic E-state index is 8.87. The fraction of sp³-hybridized carbons (Fsp3) is 0.667. The van der Waals surface area contributed by atoms with Crippen LogP contribution in [0.2, 0.25) is 5.02 Å². The zero-order valence-electron chi connectivity index (χ0n) is 10.1. The molecule has 0 aliphatic rings. The van der Waals surface area contributed by atoms with Crippen LogP contribution in [0.25, 0.3) is 0 Å².